The predicted molar refractivity (Wildman–Crippen MR) is 81.0 cm³/mol. The Bertz CT molecular complexity index is 528. The van der Waals surface area contributed by atoms with E-state index in [1.165, 1.54) is 4.90 Å². The summed E-state index contributed by atoms with van der Waals surface area (Å²) in [5, 5.41) is 4.24. The molecule has 0 aliphatic carbocycles. The average Bonchev–Trinajstić information content (AvgIpc) is 2.71. The number of halogens is 1. The van der Waals surface area contributed by atoms with Crippen molar-refractivity contribution in [3.8, 4) is 0 Å². The number of ether oxygens (including phenoxy) is 1. The summed E-state index contributed by atoms with van der Waals surface area (Å²) in [6.45, 7) is 3.92. The predicted octanol–water partition coefficient (Wildman–Crippen LogP) is 3.06. The Balaban J connectivity index is 2.08. The van der Waals surface area contributed by atoms with Crippen molar-refractivity contribution in [2.75, 3.05) is 13.0 Å². The highest BCUT2D eigenvalue weighted by molar-refractivity contribution is 14.1. The lowest BCUT2D eigenvalue weighted by Gasteiger charge is -2.33. The van der Waals surface area contributed by atoms with Gasteiger partial charge in [0.05, 0.1) is 15.8 Å². The number of carbonyl (C=O) groups excluding carboxylic acids is 1. The molecule has 1 fully saturated rings. The van der Waals surface area contributed by atoms with Crippen LogP contribution >= 0.6 is 22.6 Å². The number of amides is 1. The molecule has 1 atom stereocenters. The van der Waals surface area contributed by atoms with Crippen molar-refractivity contribution in [2.45, 2.75) is 45.3 Å². The maximum absolute atomic E-state index is 12.1. The minimum Gasteiger partial charge on any atom is -0.444 e. The molecule has 0 radical (unpaired) electrons. The fraction of sp³-hybridized carbons (Fsp3) is 0.692. The van der Waals surface area contributed by atoms with Gasteiger partial charge < -0.3 is 9.64 Å². The fourth-order valence-electron chi connectivity index (χ4n) is 1.89. The highest BCUT2D eigenvalue weighted by Crippen LogP contribution is 2.23. The molecule has 2 rings (SSSR count). The second kappa shape index (κ2) is 5.68. The van der Waals surface area contributed by atoms with Crippen LogP contribution in [-0.4, -0.2) is 39.4 Å². The van der Waals surface area contributed by atoms with Gasteiger partial charge in [0.15, 0.2) is 0 Å². The van der Waals surface area contributed by atoms with Gasteiger partial charge in [-0.2, -0.15) is 5.10 Å². The van der Waals surface area contributed by atoms with Gasteiger partial charge in [-0.3, -0.25) is 4.68 Å². The topological polar surface area (TPSA) is 47.4 Å². The standard InChI is InChI=1S/C13H20IN3O2/c1-13(2,3)19-12(18)16-6-4-11(5-7-16)17-9-10(14)8-15-17/h8-9,11H,4-7H2,1-3H3/i6D2. The van der Waals surface area contributed by atoms with Crippen molar-refractivity contribution < 1.29 is 12.3 Å². The van der Waals surface area contributed by atoms with Crippen LogP contribution in [0.3, 0.4) is 0 Å². The zero-order chi connectivity index (χ0) is 15.8. The van der Waals surface area contributed by atoms with Crippen LogP contribution in [0.25, 0.3) is 0 Å². The molecule has 5 nitrogen and oxygen atoms in total. The molecular weight excluding hydrogens is 357 g/mol. The van der Waals surface area contributed by atoms with Crippen molar-refractivity contribution in [3.05, 3.63) is 16.0 Å². The number of carbonyl (C=O) groups is 1. The number of piperidine rings is 1. The van der Waals surface area contributed by atoms with Crippen molar-refractivity contribution in [3.63, 3.8) is 0 Å². The normalized spacial score (nSPS) is 24.6. The molecule has 1 aromatic rings. The van der Waals surface area contributed by atoms with Gasteiger partial charge in [-0.15, -0.1) is 0 Å². The smallest absolute Gasteiger partial charge is 0.410 e. The minimum absolute atomic E-state index is 0.0396. The Morgan fingerprint density at radius 3 is 2.84 bits per heavy atom. The van der Waals surface area contributed by atoms with Gasteiger partial charge in [0, 0.05) is 22.0 Å². The van der Waals surface area contributed by atoms with E-state index in [1.807, 2.05) is 6.20 Å². The Hall–Kier alpha value is -0.790. The van der Waals surface area contributed by atoms with Crippen LogP contribution in [0.4, 0.5) is 4.79 Å². The lowest BCUT2D eigenvalue weighted by atomic mass is 10.1. The van der Waals surface area contributed by atoms with E-state index in [1.54, 1.807) is 31.6 Å². The van der Waals surface area contributed by atoms with E-state index in [0.717, 1.165) is 3.57 Å². The molecule has 0 N–H and O–H groups in total. The van der Waals surface area contributed by atoms with E-state index < -0.39 is 18.2 Å². The number of hydrogen-bond donors (Lipinski definition) is 0. The number of rotatable bonds is 1. The third kappa shape index (κ3) is 4.09. The largest absolute Gasteiger partial charge is 0.444 e. The summed E-state index contributed by atoms with van der Waals surface area (Å²) >= 11 is 2.17. The number of hydrogen-bond acceptors (Lipinski definition) is 3. The maximum Gasteiger partial charge on any atom is 0.410 e. The fourth-order valence-corrected chi connectivity index (χ4v) is 2.30. The Morgan fingerprint density at radius 1 is 1.58 bits per heavy atom. The Kier molecular flexibility index (Phi) is 3.59. The molecule has 1 amide bonds. The molecule has 1 aromatic heterocycles. The van der Waals surface area contributed by atoms with E-state index in [9.17, 15) is 4.79 Å². The van der Waals surface area contributed by atoms with E-state index in [-0.39, 0.29) is 12.5 Å². The van der Waals surface area contributed by atoms with E-state index in [2.05, 4.69) is 27.7 Å². The first-order valence-corrected chi connectivity index (χ1v) is 7.37. The molecule has 0 bridgehead atoms. The van der Waals surface area contributed by atoms with E-state index >= 15 is 0 Å². The molecule has 1 aliphatic rings. The summed E-state index contributed by atoms with van der Waals surface area (Å²) in [7, 11) is 0. The summed E-state index contributed by atoms with van der Waals surface area (Å²) in [6.07, 6.45) is 3.92. The van der Waals surface area contributed by atoms with Gasteiger partial charge in [-0.1, -0.05) is 0 Å². The first-order valence-electron chi connectivity index (χ1n) is 7.29. The van der Waals surface area contributed by atoms with Crippen molar-refractivity contribution >= 4 is 28.7 Å². The zero-order valence-electron chi connectivity index (χ0n) is 13.4. The molecule has 1 unspecified atom stereocenters. The molecular formula is C13H20IN3O2. The molecule has 106 valence electrons. The summed E-state index contributed by atoms with van der Waals surface area (Å²) in [5.41, 5.74) is -0.623. The Morgan fingerprint density at radius 2 is 2.32 bits per heavy atom. The van der Waals surface area contributed by atoms with Crippen LogP contribution in [0.1, 0.15) is 42.4 Å². The summed E-state index contributed by atoms with van der Waals surface area (Å²) in [6, 6.07) is -0.0396. The van der Waals surface area contributed by atoms with E-state index in [0.29, 0.717) is 13.0 Å². The second-order valence-corrected chi connectivity index (χ2v) is 6.82. The van der Waals surface area contributed by atoms with Gasteiger partial charge in [0.25, 0.3) is 0 Å². The van der Waals surface area contributed by atoms with Crippen LogP contribution in [0.15, 0.2) is 12.4 Å². The summed E-state index contributed by atoms with van der Waals surface area (Å²) in [5.74, 6) is 0. The summed E-state index contributed by atoms with van der Waals surface area (Å²) in [4.78, 5) is 13.3. The first kappa shape index (κ1) is 12.0. The number of nitrogens with zero attached hydrogens (tertiary/aromatic N) is 3. The average molecular weight is 379 g/mol. The molecule has 2 heterocycles. The lowest BCUT2D eigenvalue weighted by molar-refractivity contribution is 0.0185. The van der Waals surface area contributed by atoms with Crippen LogP contribution in [0.2, 0.25) is 0 Å². The van der Waals surface area contributed by atoms with Gasteiger partial charge in [0.2, 0.25) is 0 Å². The van der Waals surface area contributed by atoms with Gasteiger partial charge in [-0.25, -0.2) is 4.79 Å². The molecule has 0 aromatic carbocycles. The minimum atomic E-state index is -1.73. The first-order chi connectivity index (χ1) is 9.58. The van der Waals surface area contributed by atoms with Crippen LogP contribution in [0, 0.1) is 3.57 Å². The third-order valence-electron chi connectivity index (χ3n) is 2.76. The van der Waals surface area contributed by atoms with Gasteiger partial charge in [0.1, 0.15) is 5.60 Å². The quantitative estimate of drug-likeness (QED) is 0.705. The molecule has 1 aliphatic heterocycles. The van der Waals surface area contributed by atoms with E-state index in [4.69, 9.17) is 7.48 Å². The number of likely N-dealkylation sites (tertiary alicyclic amines) is 1. The number of aromatic nitrogens is 2. The van der Waals surface area contributed by atoms with Crippen LogP contribution in [-0.2, 0) is 4.74 Å². The molecule has 0 saturated carbocycles. The monoisotopic (exact) mass is 379 g/mol. The van der Waals surface area contributed by atoms with Crippen molar-refractivity contribution in [2.24, 2.45) is 0 Å². The highest BCUT2D eigenvalue weighted by atomic mass is 127. The molecule has 0 spiro atoms. The summed E-state index contributed by atoms with van der Waals surface area (Å²) < 4.78 is 24.4. The SMILES string of the molecule is [2H]C1([2H])CC(n2cc(I)cn2)CCN1C(=O)OC(C)(C)C. The van der Waals surface area contributed by atoms with Crippen LogP contribution in [0.5, 0.6) is 0 Å². The maximum atomic E-state index is 12.1. The molecule has 6 heteroatoms. The zero-order valence-corrected chi connectivity index (χ0v) is 13.5. The van der Waals surface area contributed by atoms with Gasteiger partial charge in [-0.05, 0) is 56.2 Å². The lowest BCUT2D eigenvalue weighted by Crippen LogP contribution is -2.42. The highest BCUT2D eigenvalue weighted by Gasteiger charge is 2.27. The van der Waals surface area contributed by atoms with Crippen LogP contribution < -0.4 is 0 Å². The Labute approximate surface area is 130 Å². The van der Waals surface area contributed by atoms with Crippen molar-refractivity contribution in [1.82, 2.24) is 14.7 Å². The molecule has 1 saturated heterocycles. The van der Waals surface area contributed by atoms with Gasteiger partial charge >= 0.3 is 6.09 Å². The molecule has 19 heavy (non-hydrogen) atoms. The van der Waals surface area contributed by atoms with Crippen molar-refractivity contribution in [1.29, 1.82) is 0 Å². The third-order valence-corrected chi connectivity index (χ3v) is 3.32. The second-order valence-electron chi connectivity index (χ2n) is 5.58.